The summed E-state index contributed by atoms with van der Waals surface area (Å²) < 4.78 is 19.1. The fourth-order valence-electron chi connectivity index (χ4n) is 10.1. The molecule has 3 saturated heterocycles. The van der Waals surface area contributed by atoms with E-state index in [1.165, 1.54) is 24.2 Å². The maximum atomic E-state index is 13.3. The molecule has 3 heterocycles. The van der Waals surface area contributed by atoms with E-state index in [2.05, 4.69) is 56.1 Å². The summed E-state index contributed by atoms with van der Waals surface area (Å²) in [4.78, 5) is 42.7. The number of alkyl carbamates (subject to hydrolysis) is 1. The average molecular weight is 786 g/mol. The third kappa shape index (κ3) is 8.76. The molecule has 1 aliphatic carbocycles. The van der Waals surface area contributed by atoms with E-state index in [0.29, 0.717) is 16.9 Å². The van der Waals surface area contributed by atoms with Crippen molar-refractivity contribution in [3.8, 4) is 11.1 Å². The zero-order valence-corrected chi connectivity index (χ0v) is 33.9. The first-order chi connectivity index (χ1) is 27.8. The summed E-state index contributed by atoms with van der Waals surface area (Å²) in [6.07, 6.45) is 1.91. The van der Waals surface area contributed by atoms with Gasteiger partial charge in [0.1, 0.15) is 12.6 Å². The predicted molar refractivity (Wildman–Crippen MR) is 220 cm³/mol. The molecule has 3 amide bonds. The molecule has 3 unspecified atom stereocenters. The van der Waals surface area contributed by atoms with E-state index in [1.54, 1.807) is 0 Å². The summed E-state index contributed by atoms with van der Waals surface area (Å²) in [5.41, 5.74) is 6.95. The molecular formula is C48H55N3O7. The number of hydrogen-bond acceptors (Lipinski definition) is 8. The van der Waals surface area contributed by atoms with E-state index in [9.17, 15) is 19.5 Å². The van der Waals surface area contributed by atoms with Crippen LogP contribution in [0, 0.1) is 16.7 Å². The number of carbonyl (C=O) groups is 3. The molecule has 2 bridgehead atoms. The molecule has 0 aromatic heterocycles. The van der Waals surface area contributed by atoms with Crippen LogP contribution in [0.25, 0.3) is 11.1 Å². The second-order valence-corrected chi connectivity index (χ2v) is 18.1. The van der Waals surface area contributed by atoms with Crippen molar-refractivity contribution < 1.29 is 33.7 Å². The zero-order chi connectivity index (χ0) is 40.6. The van der Waals surface area contributed by atoms with Gasteiger partial charge in [-0.3, -0.25) is 19.4 Å². The first-order valence-electron chi connectivity index (χ1n) is 20.6. The van der Waals surface area contributed by atoms with Crippen LogP contribution in [0.2, 0.25) is 0 Å². The number of fused-ring (bicyclic) bond motifs is 2. The van der Waals surface area contributed by atoms with Crippen molar-refractivity contribution >= 4 is 17.9 Å². The highest BCUT2D eigenvalue weighted by molar-refractivity contribution is 6.06. The van der Waals surface area contributed by atoms with Gasteiger partial charge in [0.25, 0.3) is 5.91 Å². The Morgan fingerprint density at radius 2 is 1.57 bits per heavy atom. The lowest BCUT2D eigenvalue weighted by molar-refractivity contribution is -0.276. The molecule has 4 fully saturated rings. The lowest BCUT2D eigenvalue weighted by Gasteiger charge is -2.43. The van der Waals surface area contributed by atoms with Crippen molar-refractivity contribution in [2.75, 3.05) is 13.1 Å². The third-order valence-corrected chi connectivity index (χ3v) is 12.6. The van der Waals surface area contributed by atoms with Crippen LogP contribution in [0.3, 0.4) is 0 Å². The summed E-state index contributed by atoms with van der Waals surface area (Å²) in [6.45, 7) is 11.6. The largest absolute Gasteiger partial charge is 0.445 e. The molecule has 304 valence electrons. The normalized spacial score (nSPS) is 28.1. The van der Waals surface area contributed by atoms with Crippen molar-refractivity contribution in [2.24, 2.45) is 16.7 Å². The monoisotopic (exact) mass is 785 g/mol. The van der Waals surface area contributed by atoms with E-state index in [1.807, 2.05) is 84.9 Å². The van der Waals surface area contributed by atoms with Crippen LogP contribution in [0.4, 0.5) is 4.79 Å². The minimum Gasteiger partial charge on any atom is -0.445 e. The molecule has 58 heavy (non-hydrogen) atoms. The minimum absolute atomic E-state index is 0.0104. The van der Waals surface area contributed by atoms with E-state index in [0.717, 1.165) is 52.0 Å². The third-order valence-electron chi connectivity index (χ3n) is 12.6. The Morgan fingerprint density at radius 3 is 2.33 bits per heavy atom. The fourth-order valence-corrected chi connectivity index (χ4v) is 10.1. The van der Waals surface area contributed by atoms with Crippen molar-refractivity contribution in [1.29, 1.82) is 0 Å². The summed E-state index contributed by atoms with van der Waals surface area (Å²) in [5.74, 6) is -0.722. The molecule has 8 rings (SSSR count). The number of nitrogens with zero attached hydrogens (tertiary/aromatic N) is 2. The number of aliphatic hydroxyl groups is 1. The second kappa shape index (κ2) is 16.4. The number of aliphatic hydroxyl groups excluding tert-OH is 1. The molecule has 4 aliphatic rings. The molecule has 1 saturated carbocycles. The van der Waals surface area contributed by atoms with Gasteiger partial charge in [-0.25, -0.2) is 4.79 Å². The molecule has 0 radical (unpaired) electrons. The number of ether oxygens (including phenoxy) is 3. The summed E-state index contributed by atoms with van der Waals surface area (Å²) in [7, 11) is 0. The van der Waals surface area contributed by atoms with Crippen LogP contribution >= 0.6 is 0 Å². The number of nitrogens with one attached hydrogen (secondary N) is 1. The van der Waals surface area contributed by atoms with Crippen LogP contribution in [0.5, 0.6) is 0 Å². The fraction of sp³-hybridized carbons (Fsp3) is 0.438. The number of amides is 3. The molecule has 10 nitrogen and oxygen atoms in total. The van der Waals surface area contributed by atoms with Gasteiger partial charge in [0, 0.05) is 30.6 Å². The lowest BCUT2D eigenvalue weighted by atomic mass is 9.65. The topological polar surface area (TPSA) is 118 Å². The van der Waals surface area contributed by atoms with Gasteiger partial charge >= 0.3 is 6.09 Å². The second-order valence-electron chi connectivity index (χ2n) is 18.1. The first-order valence-corrected chi connectivity index (χ1v) is 20.6. The van der Waals surface area contributed by atoms with Crippen LogP contribution in [0.1, 0.15) is 93.6 Å². The smallest absolute Gasteiger partial charge is 0.408 e. The standard InChI is InChI=1S/C48H55N3O7/c1-31-41(26-50-30-48(4)24-39(50)23-47(2,3)29-48)57-45(58-43(31)35-18-16-32(27-52)17-19-35)38-15-9-14-37(21-38)36-13-8-12-34(20-36)25-51-42(53)22-40(44(51)54)49-46(55)56-28-33-10-6-5-7-11-33/h5-21,31,39-41,43,45,52H,22-30H2,1-4H3,(H,49,55)/t31-,39?,40?,41+,43+,45+,48?/m1/s1. The van der Waals surface area contributed by atoms with Crippen LogP contribution < -0.4 is 5.32 Å². The Labute approximate surface area is 341 Å². The molecular weight excluding hydrogens is 731 g/mol. The molecule has 3 aliphatic heterocycles. The number of likely N-dealkylation sites (tertiary alicyclic amines) is 2. The predicted octanol–water partition coefficient (Wildman–Crippen LogP) is 8.09. The highest BCUT2D eigenvalue weighted by atomic mass is 16.7. The van der Waals surface area contributed by atoms with Gasteiger partial charge in [-0.1, -0.05) is 119 Å². The van der Waals surface area contributed by atoms with Gasteiger partial charge in [0.15, 0.2) is 6.29 Å². The molecule has 0 spiro atoms. The van der Waals surface area contributed by atoms with E-state index >= 15 is 0 Å². The maximum Gasteiger partial charge on any atom is 0.408 e. The highest BCUT2D eigenvalue weighted by Gasteiger charge is 2.51. The van der Waals surface area contributed by atoms with Crippen molar-refractivity contribution in [3.63, 3.8) is 0 Å². The van der Waals surface area contributed by atoms with Crippen LogP contribution in [-0.4, -0.2) is 64.1 Å². The van der Waals surface area contributed by atoms with Gasteiger partial charge in [-0.05, 0) is 75.6 Å². The SMILES string of the molecule is C[C@@H]1[C@H](CN2CC3(C)CC2CC(C)(C)C3)O[C@H](c2cccc(-c3cccc(CN4C(=O)CC(NC(=O)OCc5ccccc5)C4=O)c3)c2)O[C@@H]1c1ccc(CO)cc1. The Balaban J connectivity index is 0.977. The quantitative estimate of drug-likeness (QED) is 0.147. The molecule has 2 N–H and O–H groups in total. The van der Waals surface area contributed by atoms with Gasteiger partial charge in [0.05, 0.1) is 31.8 Å². The summed E-state index contributed by atoms with van der Waals surface area (Å²) in [6, 6.07) is 32.9. The zero-order valence-electron chi connectivity index (χ0n) is 33.9. The van der Waals surface area contributed by atoms with E-state index in [-0.39, 0.29) is 50.2 Å². The number of imide groups is 1. The molecule has 7 atom stereocenters. The van der Waals surface area contributed by atoms with Crippen LogP contribution in [-0.2, 0) is 43.6 Å². The average Bonchev–Trinajstić information content (AvgIpc) is 3.61. The molecule has 10 heteroatoms. The summed E-state index contributed by atoms with van der Waals surface area (Å²) >= 11 is 0. The molecule has 4 aromatic rings. The molecule has 4 aromatic carbocycles. The van der Waals surface area contributed by atoms with Crippen molar-refractivity contribution in [1.82, 2.24) is 15.1 Å². The Bertz CT molecular complexity index is 2120. The number of hydrogen-bond donors (Lipinski definition) is 2. The Morgan fingerprint density at radius 1 is 0.845 bits per heavy atom. The van der Waals surface area contributed by atoms with Gasteiger partial charge in [-0.2, -0.15) is 0 Å². The number of benzene rings is 4. The first kappa shape index (κ1) is 39.9. The lowest BCUT2D eigenvalue weighted by Crippen LogP contribution is -2.46. The number of carbonyl (C=O) groups excluding carboxylic acids is 3. The van der Waals surface area contributed by atoms with E-state index < -0.39 is 24.3 Å². The van der Waals surface area contributed by atoms with Gasteiger partial charge < -0.3 is 24.6 Å². The van der Waals surface area contributed by atoms with Crippen molar-refractivity contribution in [2.45, 2.75) is 104 Å². The van der Waals surface area contributed by atoms with Crippen LogP contribution in [0.15, 0.2) is 103 Å². The number of rotatable bonds is 11. The highest BCUT2D eigenvalue weighted by Crippen LogP contribution is 2.53. The Kier molecular flexibility index (Phi) is 11.3. The van der Waals surface area contributed by atoms with E-state index in [4.69, 9.17) is 14.2 Å². The van der Waals surface area contributed by atoms with Gasteiger partial charge in [0.2, 0.25) is 5.91 Å². The van der Waals surface area contributed by atoms with Gasteiger partial charge in [-0.15, -0.1) is 0 Å². The Hall–Kier alpha value is -4.87. The maximum absolute atomic E-state index is 13.3. The minimum atomic E-state index is -0.978. The van der Waals surface area contributed by atoms with Crippen molar-refractivity contribution in [3.05, 3.63) is 131 Å². The summed E-state index contributed by atoms with van der Waals surface area (Å²) in [5, 5.41) is 12.3.